The highest BCUT2D eigenvalue weighted by molar-refractivity contribution is 5.96. The molecule has 3 rings (SSSR count). The number of carbonyl (C=O) groups excluding carboxylic acids is 1. The predicted octanol–water partition coefficient (Wildman–Crippen LogP) is 1.70. The van der Waals surface area contributed by atoms with E-state index in [1.807, 2.05) is 0 Å². The van der Waals surface area contributed by atoms with Gasteiger partial charge in [0.2, 0.25) is 0 Å². The molecule has 23 heavy (non-hydrogen) atoms. The van der Waals surface area contributed by atoms with Crippen molar-refractivity contribution in [3.8, 4) is 5.69 Å². The summed E-state index contributed by atoms with van der Waals surface area (Å²) in [6.07, 6.45) is 2.41. The van der Waals surface area contributed by atoms with Crippen molar-refractivity contribution in [2.45, 2.75) is 32.2 Å². The highest BCUT2D eigenvalue weighted by Crippen LogP contribution is 2.27. The van der Waals surface area contributed by atoms with E-state index in [1.165, 1.54) is 19.1 Å². The van der Waals surface area contributed by atoms with Crippen LogP contribution in [0.15, 0.2) is 24.3 Å². The van der Waals surface area contributed by atoms with Gasteiger partial charge in [-0.1, -0.05) is 0 Å². The highest BCUT2D eigenvalue weighted by Gasteiger charge is 2.28. The fourth-order valence-corrected chi connectivity index (χ4v) is 2.74. The lowest BCUT2D eigenvalue weighted by Gasteiger charge is -2.08. The molecule has 0 spiro atoms. The third-order valence-electron chi connectivity index (χ3n) is 3.93. The average molecular weight is 317 g/mol. The summed E-state index contributed by atoms with van der Waals surface area (Å²) in [5.74, 6) is -1.95. The number of carboxylic acid groups (broad SMARTS) is 1. The van der Waals surface area contributed by atoms with Crippen LogP contribution in [0, 0.1) is 5.82 Å². The number of carbonyl (C=O) groups is 2. The Balaban J connectivity index is 1.97. The molecule has 2 aromatic rings. The van der Waals surface area contributed by atoms with E-state index in [1.54, 1.807) is 16.8 Å². The molecule has 0 saturated heterocycles. The summed E-state index contributed by atoms with van der Waals surface area (Å²) in [6, 6.07) is 4.88. The fraction of sp³-hybridized carbons (Fsp3) is 0.312. The maximum atomic E-state index is 13.1. The number of hydrogen-bond donors (Lipinski definition) is 2. The zero-order valence-electron chi connectivity index (χ0n) is 12.5. The van der Waals surface area contributed by atoms with Crippen LogP contribution in [0.1, 0.15) is 35.1 Å². The van der Waals surface area contributed by atoms with Crippen molar-refractivity contribution >= 4 is 11.9 Å². The first kappa shape index (κ1) is 15.2. The van der Waals surface area contributed by atoms with Gasteiger partial charge in [-0.15, -0.1) is 0 Å². The zero-order valence-corrected chi connectivity index (χ0v) is 12.5. The molecule has 0 radical (unpaired) electrons. The number of aromatic nitrogens is 2. The molecular formula is C16H16FN3O3. The molecule has 0 saturated carbocycles. The van der Waals surface area contributed by atoms with E-state index in [9.17, 15) is 14.0 Å². The maximum Gasteiger partial charge on any atom is 0.325 e. The first-order valence-corrected chi connectivity index (χ1v) is 7.37. The Hall–Kier alpha value is -2.70. The van der Waals surface area contributed by atoms with Gasteiger partial charge in [0, 0.05) is 11.3 Å². The zero-order chi connectivity index (χ0) is 16.6. The van der Waals surface area contributed by atoms with Crippen LogP contribution in [0.25, 0.3) is 5.69 Å². The van der Waals surface area contributed by atoms with Crippen LogP contribution in [0.4, 0.5) is 4.39 Å². The minimum absolute atomic E-state index is 0.245. The van der Waals surface area contributed by atoms with Gasteiger partial charge in [-0.3, -0.25) is 9.59 Å². The van der Waals surface area contributed by atoms with Gasteiger partial charge in [-0.05, 0) is 50.5 Å². The largest absolute Gasteiger partial charge is 0.480 e. The Kier molecular flexibility index (Phi) is 3.85. The minimum Gasteiger partial charge on any atom is -0.480 e. The summed E-state index contributed by atoms with van der Waals surface area (Å²) >= 11 is 0. The average Bonchev–Trinajstić information content (AvgIpc) is 3.10. The molecule has 1 unspecified atom stereocenters. The van der Waals surface area contributed by atoms with Crippen LogP contribution >= 0.6 is 0 Å². The summed E-state index contributed by atoms with van der Waals surface area (Å²) in [5, 5.41) is 15.7. The lowest BCUT2D eigenvalue weighted by atomic mass is 10.2. The van der Waals surface area contributed by atoms with Gasteiger partial charge in [0.05, 0.1) is 5.69 Å². The number of fused-ring (bicyclic) bond motifs is 1. The third kappa shape index (κ3) is 2.81. The Morgan fingerprint density at radius 2 is 2.00 bits per heavy atom. The van der Waals surface area contributed by atoms with E-state index in [0.717, 1.165) is 30.5 Å². The van der Waals surface area contributed by atoms with Gasteiger partial charge in [0.15, 0.2) is 5.69 Å². The smallest absolute Gasteiger partial charge is 0.325 e. The second-order valence-electron chi connectivity index (χ2n) is 5.55. The summed E-state index contributed by atoms with van der Waals surface area (Å²) < 4.78 is 14.7. The normalized spacial score (nSPS) is 14.3. The minimum atomic E-state index is -1.10. The van der Waals surface area contributed by atoms with Gasteiger partial charge < -0.3 is 10.4 Å². The number of halogens is 1. The van der Waals surface area contributed by atoms with Crippen molar-refractivity contribution < 1.29 is 19.1 Å². The number of carboxylic acids is 1. The summed E-state index contributed by atoms with van der Waals surface area (Å²) in [6.45, 7) is 1.40. The number of aliphatic carboxylic acids is 1. The molecule has 1 aromatic heterocycles. The standard InChI is InChI=1S/C16H16FN3O3/c1-9(16(22)23)18-15(21)14-12-3-2-4-13(12)20(19-14)11-7-5-10(17)6-8-11/h5-9H,2-4H2,1H3,(H,18,21)(H,22,23). The van der Waals surface area contributed by atoms with Gasteiger partial charge in [0.25, 0.3) is 5.91 Å². The maximum absolute atomic E-state index is 13.1. The van der Waals surface area contributed by atoms with E-state index in [-0.39, 0.29) is 11.5 Å². The predicted molar refractivity (Wildman–Crippen MR) is 80.1 cm³/mol. The fourth-order valence-electron chi connectivity index (χ4n) is 2.74. The molecule has 1 aliphatic carbocycles. The van der Waals surface area contributed by atoms with E-state index >= 15 is 0 Å². The second-order valence-corrected chi connectivity index (χ2v) is 5.55. The van der Waals surface area contributed by atoms with Gasteiger partial charge >= 0.3 is 5.97 Å². The Morgan fingerprint density at radius 1 is 1.30 bits per heavy atom. The van der Waals surface area contributed by atoms with Crippen LogP contribution in [0.3, 0.4) is 0 Å². The molecule has 1 aromatic carbocycles. The molecule has 0 fully saturated rings. The monoisotopic (exact) mass is 317 g/mol. The highest BCUT2D eigenvalue weighted by atomic mass is 19.1. The van der Waals surface area contributed by atoms with E-state index in [2.05, 4.69) is 10.4 Å². The number of amides is 1. The summed E-state index contributed by atoms with van der Waals surface area (Å²) in [7, 11) is 0. The molecule has 1 heterocycles. The van der Waals surface area contributed by atoms with Crippen molar-refractivity contribution in [2.24, 2.45) is 0 Å². The number of hydrogen-bond acceptors (Lipinski definition) is 3. The lowest BCUT2D eigenvalue weighted by Crippen LogP contribution is -2.38. The van der Waals surface area contributed by atoms with E-state index in [0.29, 0.717) is 5.69 Å². The SMILES string of the molecule is CC(NC(=O)c1nn(-c2ccc(F)cc2)c2c1CCC2)C(=O)O. The van der Waals surface area contributed by atoms with Gasteiger partial charge in [-0.2, -0.15) is 5.10 Å². The molecule has 0 aliphatic heterocycles. The molecule has 0 bridgehead atoms. The van der Waals surface area contributed by atoms with Crippen LogP contribution in [-0.2, 0) is 17.6 Å². The van der Waals surface area contributed by atoms with Gasteiger partial charge in [0.1, 0.15) is 11.9 Å². The third-order valence-corrected chi connectivity index (χ3v) is 3.93. The number of benzene rings is 1. The van der Waals surface area contributed by atoms with Crippen molar-refractivity contribution in [1.82, 2.24) is 15.1 Å². The van der Waals surface area contributed by atoms with Crippen molar-refractivity contribution in [3.63, 3.8) is 0 Å². The number of rotatable bonds is 4. The second kappa shape index (κ2) is 5.83. The van der Waals surface area contributed by atoms with Gasteiger partial charge in [-0.25, -0.2) is 9.07 Å². The van der Waals surface area contributed by atoms with E-state index in [4.69, 9.17) is 5.11 Å². The molecule has 1 aliphatic rings. The number of nitrogens with zero attached hydrogens (tertiary/aromatic N) is 2. The molecule has 120 valence electrons. The quantitative estimate of drug-likeness (QED) is 0.899. The topological polar surface area (TPSA) is 84.2 Å². The summed E-state index contributed by atoms with van der Waals surface area (Å²) in [4.78, 5) is 23.2. The Labute approximate surface area is 131 Å². The van der Waals surface area contributed by atoms with Crippen LogP contribution in [0.2, 0.25) is 0 Å². The molecule has 6 nitrogen and oxygen atoms in total. The summed E-state index contributed by atoms with van der Waals surface area (Å²) in [5.41, 5.74) is 2.68. The first-order valence-electron chi connectivity index (χ1n) is 7.37. The van der Waals surface area contributed by atoms with Crippen LogP contribution in [0.5, 0.6) is 0 Å². The lowest BCUT2D eigenvalue weighted by molar-refractivity contribution is -0.138. The molecule has 2 N–H and O–H groups in total. The molecule has 7 heteroatoms. The van der Waals surface area contributed by atoms with Crippen molar-refractivity contribution in [3.05, 3.63) is 47.0 Å². The first-order chi connectivity index (χ1) is 11.0. The Morgan fingerprint density at radius 3 is 2.65 bits per heavy atom. The number of nitrogens with one attached hydrogen (secondary N) is 1. The Bertz CT molecular complexity index is 768. The van der Waals surface area contributed by atoms with Crippen LogP contribution in [-0.4, -0.2) is 32.8 Å². The molecule has 1 atom stereocenters. The van der Waals surface area contributed by atoms with Crippen LogP contribution < -0.4 is 5.32 Å². The van der Waals surface area contributed by atoms with Crippen molar-refractivity contribution in [2.75, 3.05) is 0 Å². The molecular weight excluding hydrogens is 301 g/mol. The van der Waals surface area contributed by atoms with Crippen molar-refractivity contribution in [1.29, 1.82) is 0 Å². The van der Waals surface area contributed by atoms with E-state index < -0.39 is 17.9 Å². The molecule has 1 amide bonds.